The summed E-state index contributed by atoms with van der Waals surface area (Å²) >= 11 is 6.84. The van der Waals surface area contributed by atoms with Crippen LogP contribution in [0.25, 0.3) is 0 Å². The van der Waals surface area contributed by atoms with Crippen LogP contribution in [0.3, 0.4) is 0 Å². The predicted molar refractivity (Wildman–Crippen MR) is 116 cm³/mol. The summed E-state index contributed by atoms with van der Waals surface area (Å²) in [6, 6.07) is 5.17. The highest BCUT2D eigenvalue weighted by Gasteiger charge is 2.77. The van der Waals surface area contributed by atoms with Gasteiger partial charge in [-0.2, -0.15) is 4.89 Å². The second kappa shape index (κ2) is 8.26. The van der Waals surface area contributed by atoms with Crippen molar-refractivity contribution in [2.75, 3.05) is 13.7 Å². The zero-order valence-corrected chi connectivity index (χ0v) is 19.6. The van der Waals surface area contributed by atoms with E-state index in [4.69, 9.17) is 35.6 Å². The van der Waals surface area contributed by atoms with Gasteiger partial charge in [0.25, 0.3) is 5.79 Å². The first kappa shape index (κ1) is 23.4. The van der Waals surface area contributed by atoms with Crippen molar-refractivity contribution >= 4 is 11.6 Å². The normalized spacial score (nSPS) is 49.3. The van der Waals surface area contributed by atoms with E-state index in [9.17, 15) is 20.4 Å². The molecule has 6 atom stereocenters. The van der Waals surface area contributed by atoms with Crippen LogP contribution in [0.1, 0.15) is 37.7 Å². The molecule has 6 aliphatic rings. The first-order valence-corrected chi connectivity index (χ1v) is 12.4. The molecule has 188 valence electrons. The number of rotatable bonds is 5. The zero-order chi connectivity index (χ0) is 23.8. The first-order valence-electron chi connectivity index (χ1n) is 12.0. The van der Waals surface area contributed by atoms with Gasteiger partial charge in [0.15, 0.2) is 5.60 Å². The van der Waals surface area contributed by atoms with Crippen LogP contribution in [0.4, 0.5) is 0 Å². The molecule has 0 radical (unpaired) electrons. The highest BCUT2D eigenvalue weighted by molar-refractivity contribution is 6.33. The van der Waals surface area contributed by atoms with Crippen LogP contribution in [0.2, 0.25) is 5.02 Å². The quantitative estimate of drug-likeness (QED) is 0.446. The largest absolute Gasteiger partial charge is 0.460 e. The Labute approximate surface area is 202 Å². The molecule has 1 aromatic rings. The number of ether oxygens (including phenoxy) is 3. The molecule has 9 nitrogen and oxygen atoms in total. The number of halogens is 1. The molecular weight excluding hydrogens is 468 g/mol. The van der Waals surface area contributed by atoms with Gasteiger partial charge in [-0.05, 0) is 61.8 Å². The van der Waals surface area contributed by atoms with Crippen molar-refractivity contribution in [3.8, 4) is 5.75 Å². The average molecular weight is 499 g/mol. The third kappa shape index (κ3) is 3.02. The number of hydrogen-bond donors (Lipinski definition) is 4. The van der Waals surface area contributed by atoms with Crippen molar-refractivity contribution in [2.45, 2.75) is 74.2 Å². The third-order valence-corrected chi connectivity index (χ3v) is 9.25. The van der Waals surface area contributed by atoms with Crippen LogP contribution < -0.4 is 4.74 Å². The Hall–Kier alpha value is -1.01. The lowest BCUT2D eigenvalue weighted by atomic mass is 9.47. The summed E-state index contributed by atoms with van der Waals surface area (Å²) in [4.78, 5) is 11.8. The summed E-state index contributed by atoms with van der Waals surface area (Å²) in [6.07, 6.45) is -1.38. The van der Waals surface area contributed by atoms with Crippen molar-refractivity contribution < 1.29 is 44.4 Å². The Morgan fingerprint density at radius 3 is 2.21 bits per heavy atom. The summed E-state index contributed by atoms with van der Waals surface area (Å²) in [5, 5.41) is 40.2. The summed E-state index contributed by atoms with van der Waals surface area (Å²) in [5.41, 5.74) is -0.0573. The number of methoxy groups -OCH3 is 1. The fraction of sp³-hybridized carbons (Fsp3) is 0.750. The molecule has 4 bridgehead atoms. The fourth-order valence-electron chi connectivity index (χ4n) is 7.48. The molecule has 4 aliphatic carbocycles. The summed E-state index contributed by atoms with van der Waals surface area (Å²) in [6.45, 7) is -0.552. The molecule has 1 spiro atoms. The molecule has 2 aliphatic heterocycles. The summed E-state index contributed by atoms with van der Waals surface area (Å²) in [7, 11) is 1.59. The van der Waals surface area contributed by atoms with Gasteiger partial charge >= 0.3 is 0 Å². The van der Waals surface area contributed by atoms with Gasteiger partial charge in [-0.3, -0.25) is 0 Å². The minimum atomic E-state index is -1.55. The van der Waals surface area contributed by atoms with Crippen molar-refractivity contribution in [3.63, 3.8) is 0 Å². The monoisotopic (exact) mass is 498 g/mol. The van der Waals surface area contributed by atoms with Gasteiger partial charge in [0.05, 0.1) is 11.6 Å². The number of hydrogen-bond acceptors (Lipinski definition) is 9. The lowest BCUT2D eigenvalue weighted by Crippen LogP contribution is -2.76. The van der Waals surface area contributed by atoms with Crippen molar-refractivity contribution in [1.82, 2.24) is 0 Å². The van der Waals surface area contributed by atoms with Gasteiger partial charge < -0.3 is 34.6 Å². The molecule has 0 aromatic heterocycles. The smallest absolute Gasteiger partial charge is 0.262 e. The Bertz CT molecular complexity index is 909. The summed E-state index contributed by atoms with van der Waals surface area (Å²) < 4.78 is 17.4. The number of benzene rings is 1. The lowest BCUT2D eigenvalue weighted by molar-refractivity contribution is -0.645. The van der Waals surface area contributed by atoms with Gasteiger partial charge in [0, 0.05) is 12.7 Å². The van der Waals surface area contributed by atoms with Crippen LogP contribution in [0.5, 0.6) is 5.75 Å². The molecule has 2 heterocycles. The van der Waals surface area contributed by atoms with Crippen molar-refractivity contribution in [1.29, 1.82) is 0 Å². The topological polar surface area (TPSA) is 127 Å². The van der Waals surface area contributed by atoms with E-state index in [2.05, 4.69) is 0 Å². The zero-order valence-electron chi connectivity index (χ0n) is 18.9. The highest BCUT2D eigenvalue weighted by Crippen LogP contribution is 2.70. The summed E-state index contributed by atoms with van der Waals surface area (Å²) in [5.74, 6) is 1.06. The van der Waals surface area contributed by atoms with E-state index in [1.807, 2.05) is 6.07 Å². The molecule has 34 heavy (non-hydrogen) atoms. The molecule has 1 aromatic carbocycles. The molecule has 4 saturated carbocycles. The molecule has 6 fully saturated rings. The lowest BCUT2D eigenvalue weighted by Gasteiger charge is -2.68. The van der Waals surface area contributed by atoms with Crippen LogP contribution in [0.15, 0.2) is 18.2 Å². The maximum Gasteiger partial charge on any atom is 0.262 e. The SMILES string of the molecule is COC1(c2cccc(O[C@@H]3OC(CO)[C@H](O)C(O)[C@@H]3O)c2Cl)OOC12C1CC3CC(C1)CC2C3. The van der Waals surface area contributed by atoms with Crippen molar-refractivity contribution in [2.24, 2.45) is 23.7 Å². The van der Waals surface area contributed by atoms with Gasteiger partial charge in [0.1, 0.15) is 30.2 Å². The molecule has 10 heteroatoms. The fourth-order valence-corrected chi connectivity index (χ4v) is 7.77. The van der Waals surface area contributed by atoms with Gasteiger partial charge in [-0.25, -0.2) is 4.89 Å². The van der Waals surface area contributed by atoms with Gasteiger partial charge in [-0.15, -0.1) is 0 Å². The maximum atomic E-state index is 10.4. The molecule has 4 N–H and O–H groups in total. The second-order valence-electron chi connectivity index (χ2n) is 10.5. The van der Waals surface area contributed by atoms with Crippen LogP contribution in [0, 0.1) is 23.7 Å². The highest BCUT2D eigenvalue weighted by atomic mass is 35.5. The van der Waals surface area contributed by atoms with Crippen LogP contribution in [-0.4, -0.2) is 70.4 Å². The Morgan fingerprint density at radius 2 is 1.65 bits per heavy atom. The van der Waals surface area contributed by atoms with Gasteiger partial charge in [-0.1, -0.05) is 23.7 Å². The minimum absolute atomic E-state index is 0.189. The van der Waals surface area contributed by atoms with E-state index >= 15 is 0 Å². The van der Waals surface area contributed by atoms with E-state index in [0.717, 1.165) is 37.5 Å². The number of aliphatic hydroxyl groups is 4. The second-order valence-corrected chi connectivity index (χ2v) is 10.9. The minimum Gasteiger partial charge on any atom is -0.460 e. The van der Waals surface area contributed by atoms with E-state index in [1.54, 1.807) is 19.2 Å². The number of aliphatic hydroxyl groups excluding tert-OH is 4. The third-order valence-electron chi connectivity index (χ3n) is 8.86. The van der Waals surface area contributed by atoms with Gasteiger partial charge in [0.2, 0.25) is 6.29 Å². The molecule has 7 rings (SSSR count). The van der Waals surface area contributed by atoms with E-state index < -0.39 is 48.7 Å². The Balaban J connectivity index is 1.33. The molecule has 3 unspecified atom stereocenters. The van der Waals surface area contributed by atoms with Crippen LogP contribution >= 0.6 is 11.6 Å². The standard InChI is InChI=1S/C24H31ClO9/c1-30-24(23(33-34-24)13-6-11-5-12(8-13)9-14(23)7-11)15-3-2-4-16(18(15)25)31-22-21(29)20(28)19(27)17(10-26)32-22/h2-4,11-14,17,19-22,26-29H,5-10H2,1H3/t11?,12?,13?,14?,17?,19-,20?,21-,22+,23?,24?/m0/s1. The average Bonchev–Trinajstić information content (AvgIpc) is 2.81. The first-order chi connectivity index (χ1) is 16.3. The van der Waals surface area contributed by atoms with Crippen molar-refractivity contribution in [3.05, 3.63) is 28.8 Å². The van der Waals surface area contributed by atoms with E-state index in [1.165, 1.54) is 6.42 Å². The van der Waals surface area contributed by atoms with Crippen LogP contribution in [-0.2, 0) is 25.0 Å². The Morgan fingerprint density at radius 1 is 0.971 bits per heavy atom. The maximum absolute atomic E-state index is 10.4. The van der Waals surface area contributed by atoms with E-state index in [-0.39, 0.29) is 10.8 Å². The van der Waals surface area contributed by atoms with E-state index in [0.29, 0.717) is 17.4 Å². The molecule has 2 saturated heterocycles. The molecular formula is C24H31ClO9. The predicted octanol–water partition coefficient (Wildman–Crippen LogP) is 1.47. The Kier molecular flexibility index (Phi) is 5.68. The molecule has 0 amide bonds.